The Morgan fingerprint density at radius 3 is 2.27 bits per heavy atom. The third-order valence-electron chi connectivity index (χ3n) is 1.41. The van der Waals surface area contributed by atoms with Gasteiger partial charge in [-0.15, -0.1) is 0 Å². The molecule has 0 saturated heterocycles. The fourth-order valence-corrected chi connectivity index (χ4v) is 1.75. The van der Waals surface area contributed by atoms with Crippen LogP contribution in [-0.2, 0) is 4.74 Å². The second-order valence-corrected chi connectivity index (χ2v) is 3.73. The van der Waals surface area contributed by atoms with Crippen molar-refractivity contribution in [3.05, 3.63) is 27.2 Å². The van der Waals surface area contributed by atoms with Gasteiger partial charge < -0.3 is 9.47 Å². The van der Waals surface area contributed by atoms with E-state index < -0.39 is 6.16 Å². The highest BCUT2D eigenvalue weighted by Gasteiger charge is 2.13. The van der Waals surface area contributed by atoms with Gasteiger partial charge in [-0.3, -0.25) is 0 Å². The second kappa shape index (κ2) is 5.45. The van der Waals surface area contributed by atoms with Crippen LogP contribution in [0.3, 0.4) is 0 Å². The Morgan fingerprint density at radius 1 is 1.27 bits per heavy atom. The molecule has 0 aliphatic rings. The van der Waals surface area contributed by atoms with E-state index in [2.05, 4.69) is 4.74 Å². The van der Waals surface area contributed by atoms with E-state index in [-0.39, 0.29) is 22.4 Å². The van der Waals surface area contributed by atoms with Crippen molar-refractivity contribution in [3.63, 3.8) is 0 Å². The molecule has 3 nitrogen and oxygen atoms in total. The monoisotopic (exact) mass is 268 g/mol. The zero-order chi connectivity index (χ0) is 11.4. The van der Waals surface area contributed by atoms with Crippen LogP contribution in [0.15, 0.2) is 12.1 Å². The van der Waals surface area contributed by atoms with Crippen molar-refractivity contribution in [1.29, 1.82) is 0 Å². The zero-order valence-corrected chi connectivity index (χ0v) is 9.99. The van der Waals surface area contributed by atoms with Crippen LogP contribution in [-0.4, -0.2) is 12.8 Å². The van der Waals surface area contributed by atoms with Gasteiger partial charge in [-0.2, -0.15) is 0 Å². The molecule has 0 spiro atoms. The van der Waals surface area contributed by atoms with Crippen molar-refractivity contribution in [2.45, 2.75) is 6.92 Å². The predicted octanol–water partition coefficient (Wildman–Crippen LogP) is 4.18. The molecule has 0 saturated carbocycles. The molecule has 0 heterocycles. The zero-order valence-electron chi connectivity index (χ0n) is 7.72. The lowest BCUT2D eigenvalue weighted by atomic mass is 10.3. The van der Waals surface area contributed by atoms with Crippen molar-refractivity contribution in [3.8, 4) is 5.75 Å². The topological polar surface area (TPSA) is 35.5 Å². The Hall–Kier alpha value is -0.640. The molecule has 0 N–H and O–H groups in total. The number of hydrogen-bond acceptors (Lipinski definition) is 3. The number of carbonyl (C=O) groups is 1. The van der Waals surface area contributed by atoms with Crippen LogP contribution in [0.4, 0.5) is 4.79 Å². The molecule has 0 fully saturated rings. The summed E-state index contributed by atoms with van der Waals surface area (Å²) in [6.45, 7) is 1.87. The molecule has 0 aliphatic heterocycles. The summed E-state index contributed by atoms with van der Waals surface area (Å²) in [5.74, 6) is 0.0428. The Morgan fingerprint density at radius 2 is 1.80 bits per heavy atom. The molecular formula is C9H7Cl3O3. The molecule has 0 radical (unpaired) electrons. The first kappa shape index (κ1) is 12.4. The van der Waals surface area contributed by atoms with E-state index in [1.807, 2.05) is 0 Å². The quantitative estimate of drug-likeness (QED) is 0.597. The average Bonchev–Trinajstić information content (AvgIpc) is 2.11. The van der Waals surface area contributed by atoms with Crippen molar-refractivity contribution < 1.29 is 14.3 Å². The van der Waals surface area contributed by atoms with Crippen LogP contribution in [0, 0.1) is 0 Å². The van der Waals surface area contributed by atoms with Crippen LogP contribution in [0.5, 0.6) is 5.75 Å². The number of halogens is 3. The summed E-state index contributed by atoms with van der Waals surface area (Å²) < 4.78 is 9.36. The van der Waals surface area contributed by atoms with Crippen LogP contribution in [0.25, 0.3) is 0 Å². The van der Waals surface area contributed by atoms with Crippen molar-refractivity contribution in [1.82, 2.24) is 0 Å². The largest absolute Gasteiger partial charge is 0.513 e. The average molecular weight is 270 g/mol. The molecule has 0 atom stereocenters. The lowest BCUT2D eigenvalue weighted by Crippen LogP contribution is -2.10. The number of rotatable bonds is 2. The summed E-state index contributed by atoms with van der Waals surface area (Å²) in [6, 6.07) is 2.84. The maximum atomic E-state index is 11.0. The summed E-state index contributed by atoms with van der Waals surface area (Å²) in [4.78, 5) is 11.0. The van der Waals surface area contributed by atoms with Crippen molar-refractivity contribution >= 4 is 41.0 Å². The molecule has 0 aliphatic carbocycles. The second-order valence-electron chi connectivity index (χ2n) is 2.48. The van der Waals surface area contributed by atoms with Gasteiger partial charge in [-0.25, -0.2) is 4.79 Å². The first-order valence-corrected chi connectivity index (χ1v) is 5.17. The predicted molar refractivity (Wildman–Crippen MR) is 59.1 cm³/mol. The van der Waals surface area contributed by atoms with Gasteiger partial charge in [0.2, 0.25) is 0 Å². The molecule has 0 bridgehead atoms. The molecule has 0 amide bonds. The van der Waals surface area contributed by atoms with E-state index in [0.29, 0.717) is 5.02 Å². The molecule has 15 heavy (non-hydrogen) atoms. The van der Waals surface area contributed by atoms with E-state index in [1.54, 1.807) is 6.92 Å². The summed E-state index contributed by atoms with van der Waals surface area (Å²) in [7, 11) is 0. The van der Waals surface area contributed by atoms with E-state index in [0.717, 1.165) is 0 Å². The van der Waals surface area contributed by atoms with Crippen molar-refractivity contribution in [2.75, 3.05) is 6.61 Å². The lowest BCUT2D eigenvalue weighted by Gasteiger charge is -2.07. The first-order valence-electron chi connectivity index (χ1n) is 4.03. The number of benzene rings is 1. The number of carbonyl (C=O) groups excluding carboxylic acids is 1. The minimum atomic E-state index is -0.858. The summed E-state index contributed by atoms with van der Waals surface area (Å²) in [5, 5.41) is 0.669. The molecule has 1 rings (SSSR count). The molecular weight excluding hydrogens is 262 g/mol. The maximum Gasteiger partial charge on any atom is 0.513 e. The van der Waals surface area contributed by atoms with Crippen LogP contribution in [0.2, 0.25) is 15.1 Å². The number of ether oxygens (including phenoxy) is 2. The fourth-order valence-electron chi connectivity index (χ4n) is 0.857. The maximum absolute atomic E-state index is 11.0. The highest BCUT2D eigenvalue weighted by Crippen LogP contribution is 2.35. The SMILES string of the molecule is CCOC(=O)Oc1c(Cl)cc(Cl)cc1Cl. The Bertz CT molecular complexity index is 356. The van der Waals surface area contributed by atoms with Crippen molar-refractivity contribution in [2.24, 2.45) is 0 Å². The molecule has 1 aromatic rings. The highest BCUT2D eigenvalue weighted by molar-refractivity contribution is 6.40. The number of hydrogen-bond donors (Lipinski definition) is 0. The van der Waals surface area contributed by atoms with Gasteiger partial charge in [0.25, 0.3) is 0 Å². The summed E-state index contributed by atoms with van der Waals surface area (Å²) >= 11 is 17.2. The van der Waals surface area contributed by atoms with Gasteiger partial charge in [-0.1, -0.05) is 34.8 Å². The third kappa shape index (κ3) is 3.45. The standard InChI is InChI=1S/C9H7Cl3O3/c1-2-14-9(13)15-8-6(11)3-5(10)4-7(8)12/h3-4H,2H2,1H3. The smallest absolute Gasteiger partial charge is 0.434 e. The van der Waals surface area contributed by atoms with Gasteiger partial charge in [0.15, 0.2) is 5.75 Å². The minimum absolute atomic E-state index is 0.0428. The van der Waals surface area contributed by atoms with E-state index >= 15 is 0 Å². The fraction of sp³-hybridized carbons (Fsp3) is 0.222. The molecule has 1 aromatic carbocycles. The van der Waals surface area contributed by atoms with Crippen LogP contribution < -0.4 is 4.74 Å². The molecule has 0 aromatic heterocycles. The Labute approximate surface area is 102 Å². The minimum Gasteiger partial charge on any atom is -0.434 e. The highest BCUT2D eigenvalue weighted by atomic mass is 35.5. The van der Waals surface area contributed by atoms with E-state index in [4.69, 9.17) is 39.5 Å². The van der Waals surface area contributed by atoms with E-state index in [1.165, 1.54) is 12.1 Å². The summed E-state index contributed by atoms with van der Waals surface area (Å²) in [5.41, 5.74) is 0. The van der Waals surface area contributed by atoms with E-state index in [9.17, 15) is 4.79 Å². The molecule has 6 heteroatoms. The Kier molecular flexibility index (Phi) is 4.51. The van der Waals surface area contributed by atoms with Gasteiger partial charge in [-0.05, 0) is 19.1 Å². The van der Waals surface area contributed by atoms with Gasteiger partial charge in [0, 0.05) is 5.02 Å². The lowest BCUT2D eigenvalue weighted by molar-refractivity contribution is 0.104. The van der Waals surface area contributed by atoms with Gasteiger partial charge in [0.05, 0.1) is 16.7 Å². The molecule has 0 unspecified atom stereocenters. The van der Waals surface area contributed by atoms with Crippen LogP contribution >= 0.6 is 34.8 Å². The first-order chi connectivity index (χ1) is 7.04. The normalized spacial score (nSPS) is 9.87. The summed E-state index contributed by atoms with van der Waals surface area (Å²) in [6.07, 6.45) is -0.858. The van der Waals surface area contributed by atoms with Gasteiger partial charge in [0.1, 0.15) is 0 Å². The van der Waals surface area contributed by atoms with Gasteiger partial charge >= 0.3 is 6.16 Å². The third-order valence-corrected chi connectivity index (χ3v) is 2.19. The Balaban J connectivity index is 2.90. The molecule has 82 valence electrons. The van der Waals surface area contributed by atoms with Crippen LogP contribution in [0.1, 0.15) is 6.92 Å².